The molecule has 5 nitrogen and oxygen atoms in total. The van der Waals surface area contributed by atoms with Crippen molar-refractivity contribution in [3.63, 3.8) is 0 Å². The Hall–Kier alpha value is -1.95. The van der Waals surface area contributed by atoms with Crippen molar-refractivity contribution in [2.24, 2.45) is 7.05 Å². The van der Waals surface area contributed by atoms with E-state index in [1.54, 1.807) is 17.8 Å². The molecule has 1 aromatic heterocycles. The zero-order valence-electron chi connectivity index (χ0n) is 9.96. The van der Waals surface area contributed by atoms with Gasteiger partial charge in [-0.3, -0.25) is 4.68 Å². The minimum atomic E-state index is -0.683. The van der Waals surface area contributed by atoms with Crippen LogP contribution in [0, 0.1) is 12.7 Å². The van der Waals surface area contributed by atoms with Crippen LogP contribution in [0.2, 0.25) is 5.02 Å². The number of nitrogen functional groups attached to an aromatic ring is 2. The average Bonchev–Trinajstić information content (AvgIpc) is 2.61. The average molecular weight is 270 g/mol. The van der Waals surface area contributed by atoms with Gasteiger partial charge in [-0.2, -0.15) is 5.10 Å². The van der Waals surface area contributed by atoms with Crippen molar-refractivity contribution in [3.8, 4) is 0 Å². The summed E-state index contributed by atoms with van der Waals surface area (Å²) in [6.45, 7) is 1.88. The third-order valence-electron chi connectivity index (χ3n) is 2.63. The SMILES string of the molecule is Cc1cc(Nc2c(N)cc(N)c(Cl)c2F)nn1C. The minimum absolute atomic E-state index is 0.0762. The van der Waals surface area contributed by atoms with Gasteiger partial charge in [0.2, 0.25) is 0 Å². The smallest absolute Gasteiger partial charge is 0.169 e. The van der Waals surface area contributed by atoms with Crippen LogP contribution in [-0.4, -0.2) is 9.78 Å². The monoisotopic (exact) mass is 269 g/mol. The summed E-state index contributed by atoms with van der Waals surface area (Å²) in [5.41, 5.74) is 12.5. The van der Waals surface area contributed by atoms with Crippen LogP contribution in [0.3, 0.4) is 0 Å². The Balaban J connectivity index is 2.43. The fourth-order valence-electron chi connectivity index (χ4n) is 1.54. The second-order valence-electron chi connectivity index (χ2n) is 3.98. The van der Waals surface area contributed by atoms with E-state index in [1.807, 2.05) is 6.92 Å². The summed E-state index contributed by atoms with van der Waals surface area (Å²) < 4.78 is 15.6. The predicted octanol–water partition coefficient (Wildman–Crippen LogP) is 2.43. The predicted molar refractivity (Wildman–Crippen MR) is 71.5 cm³/mol. The Labute approximate surface area is 109 Å². The molecule has 0 atom stereocenters. The van der Waals surface area contributed by atoms with Gasteiger partial charge in [0.15, 0.2) is 11.6 Å². The number of aryl methyl sites for hydroxylation is 2. The Morgan fingerprint density at radius 2 is 2.00 bits per heavy atom. The molecule has 0 fully saturated rings. The van der Waals surface area contributed by atoms with Gasteiger partial charge in [-0.1, -0.05) is 11.6 Å². The summed E-state index contributed by atoms with van der Waals surface area (Å²) in [6, 6.07) is 3.17. The lowest BCUT2D eigenvalue weighted by Gasteiger charge is -2.11. The zero-order valence-corrected chi connectivity index (χ0v) is 10.7. The first kappa shape index (κ1) is 12.5. The van der Waals surface area contributed by atoms with Gasteiger partial charge in [-0.05, 0) is 13.0 Å². The number of hydrogen-bond acceptors (Lipinski definition) is 4. The molecule has 0 spiro atoms. The maximum Gasteiger partial charge on any atom is 0.169 e. The molecule has 0 saturated heterocycles. The first-order valence-electron chi connectivity index (χ1n) is 5.20. The van der Waals surface area contributed by atoms with Crippen molar-refractivity contribution in [3.05, 3.63) is 28.7 Å². The second-order valence-corrected chi connectivity index (χ2v) is 4.36. The Morgan fingerprint density at radius 1 is 1.33 bits per heavy atom. The molecule has 0 saturated carbocycles. The molecule has 0 aliphatic heterocycles. The zero-order chi connectivity index (χ0) is 13.4. The van der Waals surface area contributed by atoms with Gasteiger partial charge in [-0.25, -0.2) is 4.39 Å². The van der Waals surface area contributed by atoms with Crippen molar-refractivity contribution in [1.29, 1.82) is 0 Å². The van der Waals surface area contributed by atoms with Crippen molar-refractivity contribution in [1.82, 2.24) is 9.78 Å². The van der Waals surface area contributed by atoms with Crippen LogP contribution in [0.4, 0.5) is 27.3 Å². The Morgan fingerprint density at radius 3 is 2.56 bits per heavy atom. The largest absolute Gasteiger partial charge is 0.397 e. The highest BCUT2D eigenvalue weighted by molar-refractivity contribution is 6.33. The number of hydrogen-bond donors (Lipinski definition) is 3. The molecule has 2 aromatic rings. The highest BCUT2D eigenvalue weighted by Gasteiger charge is 2.15. The lowest BCUT2D eigenvalue weighted by molar-refractivity contribution is 0.633. The molecule has 0 radical (unpaired) electrons. The highest BCUT2D eigenvalue weighted by atomic mass is 35.5. The van der Waals surface area contributed by atoms with Crippen LogP contribution >= 0.6 is 11.6 Å². The van der Waals surface area contributed by atoms with E-state index in [-0.39, 0.29) is 22.1 Å². The summed E-state index contributed by atoms with van der Waals surface area (Å²) in [5.74, 6) is -0.195. The van der Waals surface area contributed by atoms with E-state index in [0.29, 0.717) is 5.82 Å². The molecule has 1 aromatic carbocycles. The summed E-state index contributed by atoms with van der Waals surface area (Å²) in [7, 11) is 1.79. The van der Waals surface area contributed by atoms with E-state index >= 15 is 0 Å². The maximum absolute atomic E-state index is 13.9. The van der Waals surface area contributed by atoms with Gasteiger partial charge >= 0.3 is 0 Å². The first-order chi connectivity index (χ1) is 8.40. The van der Waals surface area contributed by atoms with Crippen LogP contribution in [-0.2, 0) is 7.05 Å². The van der Waals surface area contributed by atoms with Gasteiger partial charge in [0.25, 0.3) is 0 Å². The molecule has 7 heteroatoms. The maximum atomic E-state index is 13.9. The van der Waals surface area contributed by atoms with Crippen molar-refractivity contribution < 1.29 is 4.39 Å². The summed E-state index contributed by atoms with van der Waals surface area (Å²) in [5, 5.41) is 6.79. The summed E-state index contributed by atoms with van der Waals surface area (Å²) in [6.07, 6.45) is 0. The first-order valence-corrected chi connectivity index (χ1v) is 5.58. The molecule has 0 aliphatic rings. The van der Waals surface area contributed by atoms with Crippen LogP contribution in [0.1, 0.15) is 5.69 Å². The lowest BCUT2D eigenvalue weighted by atomic mass is 10.2. The van der Waals surface area contributed by atoms with Crippen molar-refractivity contribution >= 4 is 34.5 Å². The van der Waals surface area contributed by atoms with E-state index < -0.39 is 5.82 Å². The van der Waals surface area contributed by atoms with Crippen LogP contribution in [0.15, 0.2) is 12.1 Å². The molecule has 96 valence electrons. The fourth-order valence-corrected chi connectivity index (χ4v) is 1.69. The standard InChI is InChI=1S/C11H13ClFN5/c1-5-3-8(17-18(5)2)16-11-7(15)4-6(14)9(12)10(11)13/h3-4H,14-15H2,1-2H3,(H,16,17). The van der Waals surface area contributed by atoms with Crippen molar-refractivity contribution in [2.45, 2.75) is 6.92 Å². The van der Waals surface area contributed by atoms with E-state index in [1.165, 1.54) is 6.07 Å². The van der Waals surface area contributed by atoms with Gasteiger partial charge < -0.3 is 16.8 Å². The molecule has 0 amide bonds. The quantitative estimate of drug-likeness (QED) is 0.732. The van der Waals surface area contributed by atoms with Gasteiger partial charge in [-0.15, -0.1) is 0 Å². The second kappa shape index (κ2) is 4.38. The molecule has 0 unspecified atom stereocenters. The number of nitrogens with zero attached hydrogens (tertiary/aromatic N) is 2. The number of halogens is 2. The Bertz CT molecular complexity index is 588. The molecule has 0 aliphatic carbocycles. The van der Waals surface area contributed by atoms with Crippen LogP contribution in [0.25, 0.3) is 0 Å². The molecule has 0 bridgehead atoms. The van der Waals surface area contributed by atoms with Crippen LogP contribution < -0.4 is 16.8 Å². The van der Waals surface area contributed by atoms with Gasteiger partial charge in [0, 0.05) is 18.8 Å². The normalized spacial score (nSPS) is 10.7. The highest BCUT2D eigenvalue weighted by Crippen LogP contribution is 2.35. The van der Waals surface area contributed by atoms with Crippen molar-refractivity contribution in [2.75, 3.05) is 16.8 Å². The number of nitrogens with one attached hydrogen (secondary N) is 1. The molecular formula is C11H13ClFN5. The third kappa shape index (κ3) is 2.06. The molecule has 18 heavy (non-hydrogen) atoms. The third-order valence-corrected chi connectivity index (χ3v) is 3.02. The number of aromatic nitrogens is 2. The number of benzene rings is 1. The molecular weight excluding hydrogens is 257 g/mol. The summed E-state index contributed by atoms with van der Waals surface area (Å²) in [4.78, 5) is 0. The van der Waals surface area contributed by atoms with E-state index in [9.17, 15) is 4.39 Å². The van der Waals surface area contributed by atoms with Gasteiger partial charge in [0.1, 0.15) is 10.7 Å². The Kier molecular flexibility index (Phi) is 3.04. The minimum Gasteiger partial charge on any atom is -0.397 e. The van der Waals surface area contributed by atoms with Gasteiger partial charge in [0.05, 0.1) is 11.4 Å². The number of anilines is 4. The van der Waals surface area contributed by atoms with E-state index in [2.05, 4.69) is 10.4 Å². The topological polar surface area (TPSA) is 81.9 Å². The fraction of sp³-hybridized carbons (Fsp3) is 0.182. The number of nitrogens with two attached hydrogens (primary N) is 2. The van der Waals surface area contributed by atoms with Crippen LogP contribution in [0.5, 0.6) is 0 Å². The molecule has 5 N–H and O–H groups in total. The van der Waals surface area contributed by atoms with E-state index in [4.69, 9.17) is 23.1 Å². The molecule has 1 heterocycles. The number of rotatable bonds is 2. The lowest BCUT2D eigenvalue weighted by Crippen LogP contribution is -2.03. The summed E-state index contributed by atoms with van der Waals surface area (Å²) >= 11 is 5.74. The van der Waals surface area contributed by atoms with E-state index in [0.717, 1.165) is 5.69 Å². The molecule has 2 rings (SSSR count).